The highest BCUT2D eigenvalue weighted by Crippen LogP contribution is 2.20. The maximum Gasteiger partial charge on any atom is 0.290 e. The summed E-state index contributed by atoms with van der Waals surface area (Å²) >= 11 is 1.60. The molecule has 28 heavy (non-hydrogen) atoms. The lowest BCUT2D eigenvalue weighted by atomic mass is 10.1. The van der Waals surface area contributed by atoms with E-state index in [-0.39, 0.29) is 18.4 Å². The zero-order valence-corrected chi connectivity index (χ0v) is 16.7. The van der Waals surface area contributed by atoms with Gasteiger partial charge in [-0.1, -0.05) is 30.3 Å². The Morgan fingerprint density at radius 1 is 1.32 bits per heavy atom. The lowest BCUT2D eigenvalue weighted by molar-refractivity contribution is -0.133. The molecule has 2 aromatic heterocycles. The number of aryl methyl sites for hydroxylation is 1. The summed E-state index contributed by atoms with van der Waals surface area (Å²) in [6.07, 6.45) is 5.84. The molecule has 0 radical (unpaired) electrons. The lowest BCUT2D eigenvalue weighted by Gasteiger charge is -2.24. The third kappa shape index (κ3) is 6.31. The van der Waals surface area contributed by atoms with E-state index in [1.54, 1.807) is 23.9 Å². The zero-order valence-electron chi connectivity index (χ0n) is 15.9. The molecule has 0 saturated carbocycles. The van der Waals surface area contributed by atoms with Crippen LogP contribution in [-0.4, -0.2) is 36.9 Å². The van der Waals surface area contributed by atoms with E-state index >= 15 is 0 Å². The van der Waals surface area contributed by atoms with Gasteiger partial charge in [-0.25, -0.2) is 9.97 Å². The second-order valence-corrected chi connectivity index (χ2v) is 7.20. The smallest absolute Gasteiger partial charge is 0.290 e. The number of rotatable bonds is 7. The molecule has 2 heterocycles. The monoisotopic (exact) mass is 400 g/mol. The molecule has 3 aromatic rings. The lowest BCUT2D eigenvalue weighted by Crippen LogP contribution is -2.31. The first-order chi connectivity index (χ1) is 13.5. The van der Waals surface area contributed by atoms with E-state index in [9.17, 15) is 4.79 Å². The minimum Gasteiger partial charge on any atom is -0.483 e. The van der Waals surface area contributed by atoms with Crippen molar-refractivity contribution in [3.05, 3.63) is 70.7 Å². The van der Waals surface area contributed by atoms with Gasteiger partial charge in [0.15, 0.2) is 0 Å². The first-order valence-corrected chi connectivity index (χ1v) is 9.69. The average molecular weight is 401 g/mol. The van der Waals surface area contributed by atoms with E-state index in [1.807, 2.05) is 53.2 Å². The number of hydrogen-bond acceptors (Lipinski definition) is 5. The molecule has 8 heteroatoms. The Balaban J connectivity index is 0.000000878. The fourth-order valence-corrected chi connectivity index (χ4v) is 3.50. The highest BCUT2D eigenvalue weighted by Gasteiger charge is 2.19. The van der Waals surface area contributed by atoms with Crippen molar-refractivity contribution in [2.24, 2.45) is 0 Å². The fraction of sp³-hybridized carbons (Fsp3) is 0.300. The largest absolute Gasteiger partial charge is 0.483 e. The summed E-state index contributed by atoms with van der Waals surface area (Å²) in [4.78, 5) is 32.8. The molecule has 0 spiro atoms. The van der Waals surface area contributed by atoms with Gasteiger partial charge < -0.3 is 14.6 Å². The van der Waals surface area contributed by atoms with E-state index in [1.165, 1.54) is 0 Å². The van der Waals surface area contributed by atoms with Gasteiger partial charge in [-0.3, -0.25) is 9.59 Å². The summed E-state index contributed by atoms with van der Waals surface area (Å²) in [5.41, 5.74) is 3.97. The molecule has 1 N–H and O–H groups in total. The Hall–Kier alpha value is -3.00. The third-order valence-corrected chi connectivity index (χ3v) is 5.17. The molecule has 0 saturated heterocycles. The minimum atomic E-state index is -0.250. The molecular formula is C20H24N4O3S. The first-order valence-electron chi connectivity index (χ1n) is 8.81. The van der Waals surface area contributed by atoms with Crippen molar-refractivity contribution >= 4 is 23.7 Å². The van der Waals surface area contributed by atoms with E-state index in [2.05, 4.69) is 22.1 Å². The number of imidazole rings is 1. The van der Waals surface area contributed by atoms with Crippen molar-refractivity contribution in [1.29, 1.82) is 0 Å². The highest BCUT2D eigenvalue weighted by molar-refractivity contribution is 7.09. The predicted octanol–water partition coefficient (Wildman–Crippen LogP) is 3.53. The number of carbonyl (C=O) groups excluding carboxylic acids is 1. The number of carbonyl (C=O) groups is 2. The Kier molecular flexibility index (Phi) is 8.36. The summed E-state index contributed by atoms with van der Waals surface area (Å²) < 4.78 is 1.97. The van der Waals surface area contributed by atoms with Gasteiger partial charge in [0, 0.05) is 36.3 Å². The number of benzene rings is 1. The Bertz CT molecular complexity index is 849. The third-order valence-electron chi connectivity index (χ3n) is 4.25. The standard InChI is InChI=1S/C19H22N4OS.CH2O2/c1-15(22-9-8-20-13-22)10-19(24)23(11-17-6-4-3-5-7-17)12-18-16(2)21-14-25-18;2-1-3/h3-9,13-15H,10-12H2,1-2H3;1H,(H,2,3). The number of nitrogens with zero attached hydrogens (tertiary/aromatic N) is 4. The summed E-state index contributed by atoms with van der Waals surface area (Å²) in [5.74, 6) is 0.137. The van der Waals surface area contributed by atoms with Crippen molar-refractivity contribution in [2.75, 3.05) is 0 Å². The molecule has 0 aliphatic heterocycles. The van der Waals surface area contributed by atoms with Crippen molar-refractivity contribution < 1.29 is 14.7 Å². The van der Waals surface area contributed by atoms with Crippen LogP contribution in [0.1, 0.15) is 35.5 Å². The minimum absolute atomic E-state index is 0.0795. The van der Waals surface area contributed by atoms with Crippen molar-refractivity contribution in [2.45, 2.75) is 39.4 Å². The SMILES string of the molecule is Cc1ncsc1CN(Cc1ccccc1)C(=O)CC(C)n1ccnc1.O=CO. The molecule has 0 aliphatic rings. The van der Waals surface area contributed by atoms with Crippen molar-refractivity contribution in [3.8, 4) is 0 Å². The van der Waals surface area contributed by atoms with Crippen LogP contribution in [0.5, 0.6) is 0 Å². The van der Waals surface area contributed by atoms with Crippen LogP contribution in [0, 0.1) is 6.92 Å². The van der Waals surface area contributed by atoms with E-state index in [4.69, 9.17) is 9.90 Å². The van der Waals surface area contributed by atoms with E-state index in [0.717, 1.165) is 16.1 Å². The van der Waals surface area contributed by atoms with Gasteiger partial charge in [0.2, 0.25) is 5.91 Å². The van der Waals surface area contributed by atoms with Gasteiger partial charge in [-0.2, -0.15) is 0 Å². The van der Waals surface area contributed by atoms with Crippen LogP contribution >= 0.6 is 11.3 Å². The summed E-state index contributed by atoms with van der Waals surface area (Å²) in [6, 6.07) is 10.2. The normalized spacial score (nSPS) is 11.2. The van der Waals surface area contributed by atoms with Gasteiger partial charge in [-0.05, 0) is 19.4 Å². The number of amides is 1. The topological polar surface area (TPSA) is 88.3 Å². The molecular weight excluding hydrogens is 376 g/mol. The molecule has 1 aromatic carbocycles. The van der Waals surface area contributed by atoms with Crippen LogP contribution < -0.4 is 0 Å². The number of hydrogen-bond donors (Lipinski definition) is 1. The Morgan fingerprint density at radius 2 is 2.04 bits per heavy atom. The number of thiazole rings is 1. The Morgan fingerprint density at radius 3 is 2.61 bits per heavy atom. The molecule has 0 aliphatic carbocycles. The van der Waals surface area contributed by atoms with E-state index < -0.39 is 0 Å². The predicted molar refractivity (Wildman–Crippen MR) is 108 cm³/mol. The fourth-order valence-electron chi connectivity index (χ4n) is 2.70. The molecule has 148 valence electrons. The summed E-state index contributed by atoms with van der Waals surface area (Å²) in [7, 11) is 0. The van der Waals surface area contributed by atoms with Crippen molar-refractivity contribution in [1.82, 2.24) is 19.4 Å². The van der Waals surface area contributed by atoms with Crippen LogP contribution in [0.2, 0.25) is 0 Å². The zero-order chi connectivity index (χ0) is 20.4. The van der Waals surface area contributed by atoms with Crippen LogP contribution in [0.15, 0.2) is 54.6 Å². The van der Waals surface area contributed by atoms with Crippen LogP contribution in [0.25, 0.3) is 0 Å². The maximum absolute atomic E-state index is 13.0. The molecule has 1 amide bonds. The molecule has 1 unspecified atom stereocenters. The van der Waals surface area contributed by atoms with Gasteiger partial charge in [0.25, 0.3) is 6.47 Å². The Labute approximate surface area is 168 Å². The van der Waals surface area contributed by atoms with Crippen molar-refractivity contribution in [3.63, 3.8) is 0 Å². The van der Waals surface area contributed by atoms with Crippen LogP contribution in [0.4, 0.5) is 0 Å². The number of aromatic nitrogens is 3. The summed E-state index contributed by atoms with van der Waals surface area (Å²) in [6.45, 7) is 4.98. The molecule has 7 nitrogen and oxygen atoms in total. The molecule has 1 atom stereocenters. The molecule has 0 fully saturated rings. The second-order valence-electron chi connectivity index (χ2n) is 6.26. The highest BCUT2D eigenvalue weighted by atomic mass is 32.1. The quantitative estimate of drug-likeness (QED) is 0.613. The summed E-state index contributed by atoms with van der Waals surface area (Å²) in [5, 5.41) is 6.89. The first kappa shape index (κ1) is 21.3. The van der Waals surface area contributed by atoms with Crippen LogP contribution in [-0.2, 0) is 22.7 Å². The van der Waals surface area contributed by atoms with Gasteiger partial charge in [0.05, 0.1) is 24.1 Å². The molecule has 3 rings (SSSR count). The van der Waals surface area contributed by atoms with Gasteiger partial charge in [0.1, 0.15) is 0 Å². The van der Waals surface area contributed by atoms with Gasteiger partial charge in [-0.15, -0.1) is 11.3 Å². The second kappa shape index (κ2) is 11.0. The average Bonchev–Trinajstić information content (AvgIpc) is 3.35. The number of carboxylic acid groups (broad SMARTS) is 1. The van der Waals surface area contributed by atoms with E-state index in [0.29, 0.717) is 19.5 Å². The van der Waals surface area contributed by atoms with Gasteiger partial charge >= 0.3 is 0 Å². The maximum atomic E-state index is 13.0. The van der Waals surface area contributed by atoms with Crippen LogP contribution in [0.3, 0.4) is 0 Å². The molecule has 0 bridgehead atoms.